The molecule has 0 spiro atoms. The summed E-state index contributed by atoms with van der Waals surface area (Å²) in [4.78, 5) is 4.11. The largest absolute Gasteiger partial charge is 0.309 e. The fourth-order valence-electron chi connectivity index (χ4n) is 2.64. The lowest BCUT2D eigenvalue weighted by molar-refractivity contribution is 0.190. The molecule has 2 unspecified atom stereocenters. The van der Waals surface area contributed by atoms with Gasteiger partial charge in [0.1, 0.15) is 0 Å². The van der Waals surface area contributed by atoms with Gasteiger partial charge in [-0.3, -0.25) is 4.90 Å². The fraction of sp³-hybridized carbons (Fsp3) is 0.636. The Kier molecular flexibility index (Phi) is 2.32. The predicted molar refractivity (Wildman–Crippen MR) is 59.5 cm³/mol. The Bertz CT molecular complexity index is 284. The van der Waals surface area contributed by atoms with E-state index in [0.717, 1.165) is 18.6 Å². The van der Waals surface area contributed by atoms with E-state index < -0.39 is 0 Å². The minimum atomic E-state index is 0.772. The van der Waals surface area contributed by atoms with Crippen molar-refractivity contribution in [3.8, 4) is 0 Å². The van der Waals surface area contributed by atoms with Gasteiger partial charge in [-0.15, -0.1) is 11.3 Å². The van der Waals surface area contributed by atoms with Crippen molar-refractivity contribution in [2.24, 2.45) is 0 Å². The average molecular weight is 208 g/mol. The Balaban J connectivity index is 1.64. The highest BCUT2D eigenvalue weighted by Crippen LogP contribution is 2.22. The van der Waals surface area contributed by atoms with E-state index in [1.165, 1.54) is 30.8 Å². The smallest absolute Gasteiger partial charge is 0.0329 e. The molecule has 14 heavy (non-hydrogen) atoms. The number of nitrogens with zero attached hydrogens (tertiary/aromatic N) is 1. The first-order chi connectivity index (χ1) is 6.90. The number of rotatable bonds is 2. The Labute approximate surface area is 88.9 Å². The van der Waals surface area contributed by atoms with Crippen LogP contribution in [-0.4, -0.2) is 30.1 Å². The van der Waals surface area contributed by atoms with Gasteiger partial charge in [-0.05, 0) is 24.3 Å². The van der Waals surface area contributed by atoms with Gasteiger partial charge in [0.05, 0.1) is 0 Å². The van der Waals surface area contributed by atoms with Crippen LogP contribution in [0.25, 0.3) is 0 Å². The molecule has 2 fully saturated rings. The van der Waals surface area contributed by atoms with Gasteiger partial charge in [0, 0.05) is 36.6 Å². The number of hydrogen-bond donors (Lipinski definition) is 1. The molecule has 0 aromatic carbocycles. The molecule has 1 aromatic rings. The van der Waals surface area contributed by atoms with Crippen molar-refractivity contribution in [3.05, 3.63) is 22.4 Å². The van der Waals surface area contributed by atoms with Gasteiger partial charge in [-0.1, -0.05) is 6.07 Å². The highest BCUT2D eigenvalue weighted by molar-refractivity contribution is 7.09. The van der Waals surface area contributed by atoms with Crippen LogP contribution in [0.3, 0.4) is 0 Å². The minimum Gasteiger partial charge on any atom is -0.309 e. The maximum atomic E-state index is 3.66. The molecule has 2 nitrogen and oxygen atoms in total. The number of piperazine rings is 1. The molecule has 3 heteroatoms. The zero-order valence-corrected chi connectivity index (χ0v) is 9.09. The molecule has 0 radical (unpaired) electrons. The van der Waals surface area contributed by atoms with Crippen LogP contribution in [0.1, 0.15) is 17.7 Å². The Morgan fingerprint density at radius 3 is 2.79 bits per heavy atom. The van der Waals surface area contributed by atoms with E-state index >= 15 is 0 Å². The van der Waals surface area contributed by atoms with Gasteiger partial charge >= 0.3 is 0 Å². The van der Waals surface area contributed by atoms with Gasteiger partial charge in [0.15, 0.2) is 0 Å². The molecule has 0 saturated carbocycles. The van der Waals surface area contributed by atoms with Gasteiger partial charge in [0.25, 0.3) is 0 Å². The summed E-state index contributed by atoms with van der Waals surface area (Å²) < 4.78 is 0. The van der Waals surface area contributed by atoms with E-state index in [-0.39, 0.29) is 0 Å². The van der Waals surface area contributed by atoms with Gasteiger partial charge in [-0.2, -0.15) is 0 Å². The molecular weight excluding hydrogens is 192 g/mol. The highest BCUT2D eigenvalue weighted by atomic mass is 32.1. The molecule has 2 aliphatic heterocycles. The number of likely N-dealkylation sites (tertiary alicyclic amines) is 1. The van der Waals surface area contributed by atoms with Crippen LogP contribution in [0, 0.1) is 0 Å². The molecule has 2 bridgehead atoms. The quantitative estimate of drug-likeness (QED) is 0.795. The van der Waals surface area contributed by atoms with E-state index in [1.807, 2.05) is 11.3 Å². The maximum absolute atomic E-state index is 3.66. The summed E-state index contributed by atoms with van der Waals surface area (Å²) in [7, 11) is 0. The minimum absolute atomic E-state index is 0.772. The molecule has 1 N–H and O–H groups in total. The van der Waals surface area contributed by atoms with Crippen LogP contribution in [0.2, 0.25) is 0 Å². The lowest BCUT2D eigenvalue weighted by atomic mass is 10.2. The van der Waals surface area contributed by atoms with Crippen molar-refractivity contribution < 1.29 is 0 Å². The summed E-state index contributed by atoms with van der Waals surface area (Å²) in [5.41, 5.74) is 0. The molecule has 3 rings (SSSR count). The Morgan fingerprint density at radius 2 is 2.14 bits per heavy atom. The van der Waals surface area contributed by atoms with E-state index in [0.29, 0.717) is 0 Å². The normalized spacial score (nSPS) is 32.3. The summed E-state index contributed by atoms with van der Waals surface area (Å²) in [6, 6.07) is 5.94. The lowest BCUT2D eigenvalue weighted by Gasteiger charge is -2.32. The fourth-order valence-corrected chi connectivity index (χ4v) is 3.39. The highest BCUT2D eigenvalue weighted by Gasteiger charge is 2.31. The third kappa shape index (κ3) is 1.72. The first-order valence-electron chi connectivity index (χ1n) is 5.41. The summed E-state index contributed by atoms with van der Waals surface area (Å²) in [5, 5.41) is 5.83. The second kappa shape index (κ2) is 3.65. The average Bonchev–Trinajstić information content (AvgIpc) is 2.77. The van der Waals surface area contributed by atoms with E-state index in [2.05, 4.69) is 27.7 Å². The molecule has 3 heterocycles. The van der Waals surface area contributed by atoms with Gasteiger partial charge in [-0.25, -0.2) is 0 Å². The number of nitrogens with one attached hydrogen (secondary N) is 1. The van der Waals surface area contributed by atoms with Gasteiger partial charge < -0.3 is 5.32 Å². The standard InChI is InChI=1S/C11H16N2S/c1-2-11(14-5-1)8-13-6-9-3-4-10(7-13)12-9/h1-2,5,9-10,12H,3-4,6-8H2. The first-order valence-corrected chi connectivity index (χ1v) is 6.29. The van der Waals surface area contributed by atoms with Crippen LogP contribution in [0.5, 0.6) is 0 Å². The third-order valence-electron chi connectivity index (χ3n) is 3.25. The summed E-state index contributed by atoms with van der Waals surface area (Å²) in [6.07, 6.45) is 2.76. The molecule has 2 aliphatic rings. The van der Waals surface area contributed by atoms with E-state index in [1.54, 1.807) is 0 Å². The SMILES string of the molecule is c1csc(CN2CC3CCC(C2)N3)c1. The van der Waals surface area contributed by atoms with Crippen molar-refractivity contribution in [1.82, 2.24) is 10.2 Å². The van der Waals surface area contributed by atoms with Gasteiger partial charge in [0.2, 0.25) is 0 Å². The summed E-state index contributed by atoms with van der Waals surface area (Å²) in [6.45, 7) is 3.65. The third-order valence-corrected chi connectivity index (χ3v) is 4.11. The lowest BCUT2D eigenvalue weighted by Crippen LogP contribution is -2.50. The molecule has 2 atom stereocenters. The van der Waals surface area contributed by atoms with Crippen molar-refractivity contribution in [1.29, 1.82) is 0 Å². The topological polar surface area (TPSA) is 15.3 Å². The van der Waals surface area contributed by atoms with E-state index in [4.69, 9.17) is 0 Å². The monoisotopic (exact) mass is 208 g/mol. The second-order valence-corrected chi connectivity index (χ2v) is 5.44. The van der Waals surface area contributed by atoms with Crippen LogP contribution in [-0.2, 0) is 6.54 Å². The molecule has 1 aromatic heterocycles. The zero-order valence-electron chi connectivity index (χ0n) is 8.28. The molecule has 0 amide bonds. The first kappa shape index (κ1) is 8.89. The Morgan fingerprint density at radius 1 is 1.36 bits per heavy atom. The summed E-state index contributed by atoms with van der Waals surface area (Å²) in [5.74, 6) is 0. The van der Waals surface area contributed by atoms with Crippen LogP contribution in [0.15, 0.2) is 17.5 Å². The number of hydrogen-bond acceptors (Lipinski definition) is 3. The van der Waals surface area contributed by atoms with E-state index in [9.17, 15) is 0 Å². The molecule has 76 valence electrons. The van der Waals surface area contributed by atoms with Crippen molar-refractivity contribution in [3.63, 3.8) is 0 Å². The van der Waals surface area contributed by atoms with Crippen LogP contribution in [0.4, 0.5) is 0 Å². The molecular formula is C11H16N2S. The predicted octanol–water partition coefficient (Wildman–Crippen LogP) is 1.68. The van der Waals surface area contributed by atoms with Crippen LogP contribution >= 0.6 is 11.3 Å². The Hall–Kier alpha value is -0.380. The maximum Gasteiger partial charge on any atom is 0.0329 e. The van der Waals surface area contributed by atoms with Crippen molar-refractivity contribution in [2.75, 3.05) is 13.1 Å². The molecule has 0 aliphatic carbocycles. The zero-order chi connectivity index (χ0) is 9.38. The second-order valence-electron chi connectivity index (χ2n) is 4.41. The number of thiophene rings is 1. The molecule has 2 saturated heterocycles. The summed E-state index contributed by atoms with van der Waals surface area (Å²) >= 11 is 1.88. The van der Waals surface area contributed by atoms with Crippen LogP contribution < -0.4 is 5.32 Å². The van der Waals surface area contributed by atoms with Crippen molar-refractivity contribution >= 4 is 11.3 Å². The van der Waals surface area contributed by atoms with Crippen molar-refractivity contribution in [2.45, 2.75) is 31.5 Å². The number of fused-ring (bicyclic) bond motifs is 2.